The Morgan fingerprint density at radius 1 is 0.778 bits per heavy atom. The number of rotatable bonds is 2. The van der Waals surface area contributed by atoms with Crippen molar-refractivity contribution in [2.75, 3.05) is 13.1 Å². The van der Waals surface area contributed by atoms with E-state index in [1.807, 2.05) is 0 Å². The van der Waals surface area contributed by atoms with Crippen molar-refractivity contribution >= 4 is 0 Å². The predicted molar refractivity (Wildman–Crippen MR) is 74.6 cm³/mol. The van der Waals surface area contributed by atoms with Crippen molar-refractivity contribution in [1.82, 2.24) is 0 Å². The Morgan fingerprint density at radius 3 is 1.78 bits per heavy atom. The number of hydrogen-bond donors (Lipinski definition) is 1. The van der Waals surface area contributed by atoms with Crippen LogP contribution in [0.1, 0.15) is 24.0 Å². The third-order valence-electron chi connectivity index (χ3n) is 4.16. The minimum Gasteiger partial charge on any atom is -0.345 e. The summed E-state index contributed by atoms with van der Waals surface area (Å²) in [4.78, 5) is 0. The molecule has 1 fully saturated rings. The Labute approximate surface area is 109 Å². The highest BCUT2D eigenvalue weighted by atomic mass is 14.9. The van der Waals surface area contributed by atoms with Gasteiger partial charge in [0.15, 0.2) is 0 Å². The summed E-state index contributed by atoms with van der Waals surface area (Å²) in [6, 6.07) is 22.0. The Morgan fingerprint density at radius 2 is 1.33 bits per heavy atom. The lowest BCUT2D eigenvalue weighted by atomic mass is 9.70. The Balaban J connectivity index is 2.10. The molecule has 18 heavy (non-hydrogen) atoms. The third kappa shape index (κ3) is 1.95. The van der Waals surface area contributed by atoms with Gasteiger partial charge in [0.25, 0.3) is 0 Å². The van der Waals surface area contributed by atoms with Gasteiger partial charge in [-0.1, -0.05) is 60.7 Å². The maximum absolute atomic E-state index is 2.46. The van der Waals surface area contributed by atoms with Crippen molar-refractivity contribution in [2.45, 2.75) is 18.3 Å². The first-order valence-corrected chi connectivity index (χ1v) is 6.84. The molecule has 0 atom stereocenters. The van der Waals surface area contributed by atoms with Crippen LogP contribution in [0.15, 0.2) is 60.7 Å². The lowest BCUT2D eigenvalue weighted by Crippen LogP contribution is -2.89. The summed E-state index contributed by atoms with van der Waals surface area (Å²) in [6.45, 7) is 2.43. The minimum absolute atomic E-state index is 0.209. The van der Waals surface area contributed by atoms with E-state index in [1.165, 1.54) is 37.1 Å². The second-order valence-electron chi connectivity index (χ2n) is 5.20. The summed E-state index contributed by atoms with van der Waals surface area (Å²) < 4.78 is 0. The molecular formula is C17H20N+. The molecule has 1 heterocycles. The van der Waals surface area contributed by atoms with Gasteiger partial charge in [0.1, 0.15) is 0 Å². The van der Waals surface area contributed by atoms with Crippen LogP contribution in [0.4, 0.5) is 0 Å². The highest BCUT2D eigenvalue weighted by Gasteiger charge is 2.37. The molecular weight excluding hydrogens is 218 g/mol. The van der Waals surface area contributed by atoms with E-state index in [2.05, 4.69) is 66.0 Å². The smallest absolute Gasteiger partial charge is 0.0894 e. The molecule has 0 amide bonds. The van der Waals surface area contributed by atoms with Crippen LogP contribution in [0.25, 0.3) is 0 Å². The van der Waals surface area contributed by atoms with Gasteiger partial charge < -0.3 is 5.32 Å². The zero-order chi connectivity index (χ0) is 12.3. The fourth-order valence-electron chi connectivity index (χ4n) is 3.20. The van der Waals surface area contributed by atoms with E-state index < -0.39 is 0 Å². The molecule has 0 aliphatic carbocycles. The van der Waals surface area contributed by atoms with Crippen LogP contribution in [-0.2, 0) is 5.41 Å². The molecule has 2 N–H and O–H groups in total. The first-order valence-electron chi connectivity index (χ1n) is 6.84. The molecule has 1 nitrogen and oxygen atoms in total. The van der Waals surface area contributed by atoms with Gasteiger partial charge in [0.05, 0.1) is 18.5 Å². The maximum atomic E-state index is 2.46. The minimum atomic E-state index is 0.209. The highest BCUT2D eigenvalue weighted by Crippen LogP contribution is 2.36. The van der Waals surface area contributed by atoms with Gasteiger partial charge in [-0.05, 0) is 24.0 Å². The highest BCUT2D eigenvalue weighted by molar-refractivity contribution is 5.39. The summed E-state index contributed by atoms with van der Waals surface area (Å²) >= 11 is 0. The van der Waals surface area contributed by atoms with Gasteiger partial charge in [-0.25, -0.2) is 0 Å². The fraction of sp³-hybridized carbons (Fsp3) is 0.294. The van der Waals surface area contributed by atoms with Gasteiger partial charge >= 0.3 is 0 Å². The summed E-state index contributed by atoms with van der Waals surface area (Å²) in [7, 11) is 0. The lowest BCUT2D eigenvalue weighted by Gasteiger charge is -2.36. The van der Waals surface area contributed by atoms with E-state index in [-0.39, 0.29) is 5.41 Å². The Kier molecular flexibility index (Phi) is 3.16. The van der Waals surface area contributed by atoms with Crippen molar-refractivity contribution < 1.29 is 5.32 Å². The molecule has 1 aliphatic rings. The van der Waals surface area contributed by atoms with Crippen LogP contribution < -0.4 is 5.32 Å². The van der Waals surface area contributed by atoms with Crippen LogP contribution in [0.3, 0.4) is 0 Å². The number of benzene rings is 2. The summed E-state index contributed by atoms with van der Waals surface area (Å²) in [5.74, 6) is 0. The topological polar surface area (TPSA) is 16.6 Å². The van der Waals surface area contributed by atoms with Crippen LogP contribution in [0.2, 0.25) is 0 Å². The zero-order valence-electron chi connectivity index (χ0n) is 10.7. The van der Waals surface area contributed by atoms with Crippen LogP contribution >= 0.6 is 0 Å². The Hall–Kier alpha value is -1.60. The molecule has 0 spiro atoms. The average Bonchev–Trinajstić information content (AvgIpc) is 2.50. The van der Waals surface area contributed by atoms with E-state index >= 15 is 0 Å². The summed E-state index contributed by atoms with van der Waals surface area (Å²) in [6.07, 6.45) is 2.56. The number of quaternary nitrogens is 1. The molecule has 0 bridgehead atoms. The first-order chi connectivity index (χ1) is 8.92. The standard InChI is InChI=1S/C17H19N/c1-3-8-15(9-4-1)17(12-7-13-18-14-17)16-10-5-2-6-11-16/h1-6,8-11,18H,7,12-14H2/p+1. The molecule has 0 aromatic heterocycles. The molecule has 1 saturated heterocycles. The normalized spacial score (nSPS) is 18.4. The SMILES string of the molecule is c1ccc(C2(c3ccccc3)CCC[NH2+]C2)cc1. The summed E-state index contributed by atoms with van der Waals surface area (Å²) in [5.41, 5.74) is 3.14. The lowest BCUT2D eigenvalue weighted by molar-refractivity contribution is -0.669. The van der Waals surface area contributed by atoms with Gasteiger partial charge in [-0.3, -0.25) is 0 Å². The van der Waals surface area contributed by atoms with Crippen molar-refractivity contribution in [3.05, 3.63) is 71.8 Å². The van der Waals surface area contributed by atoms with Crippen LogP contribution in [0.5, 0.6) is 0 Å². The van der Waals surface area contributed by atoms with E-state index in [4.69, 9.17) is 0 Å². The number of nitrogens with two attached hydrogens (primary N) is 1. The third-order valence-corrected chi connectivity index (χ3v) is 4.16. The molecule has 1 aliphatic heterocycles. The molecule has 0 saturated carbocycles. The van der Waals surface area contributed by atoms with Crippen molar-refractivity contribution in [3.8, 4) is 0 Å². The van der Waals surface area contributed by atoms with Crippen LogP contribution in [0, 0.1) is 0 Å². The Bertz CT molecular complexity index is 442. The molecule has 0 unspecified atom stereocenters. The first kappa shape index (κ1) is 11.5. The predicted octanol–water partition coefficient (Wildman–Crippen LogP) is 2.33. The molecule has 3 rings (SSSR count). The zero-order valence-corrected chi connectivity index (χ0v) is 10.7. The number of hydrogen-bond acceptors (Lipinski definition) is 0. The molecule has 92 valence electrons. The van der Waals surface area contributed by atoms with Gasteiger partial charge in [-0.15, -0.1) is 0 Å². The number of piperidine rings is 1. The molecule has 0 radical (unpaired) electrons. The average molecular weight is 238 g/mol. The second-order valence-corrected chi connectivity index (χ2v) is 5.20. The van der Waals surface area contributed by atoms with Crippen molar-refractivity contribution in [3.63, 3.8) is 0 Å². The van der Waals surface area contributed by atoms with E-state index in [0.717, 1.165) is 0 Å². The van der Waals surface area contributed by atoms with Crippen molar-refractivity contribution in [2.24, 2.45) is 0 Å². The maximum Gasteiger partial charge on any atom is 0.0894 e. The van der Waals surface area contributed by atoms with Gasteiger partial charge in [-0.2, -0.15) is 0 Å². The molecule has 2 aromatic rings. The largest absolute Gasteiger partial charge is 0.345 e. The fourth-order valence-corrected chi connectivity index (χ4v) is 3.20. The van der Waals surface area contributed by atoms with E-state index in [1.54, 1.807) is 0 Å². The molecule has 1 heteroatoms. The van der Waals surface area contributed by atoms with E-state index in [9.17, 15) is 0 Å². The van der Waals surface area contributed by atoms with Crippen LogP contribution in [-0.4, -0.2) is 13.1 Å². The second kappa shape index (κ2) is 4.95. The molecule has 2 aromatic carbocycles. The monoisotopic (exact) mass is 238 g/mol. The van der Waals surface area contributed by atoms with Gasteiger partial charge in [0.2, 0.25) is 0 Å². The van der Waals surface area contributed by atoms with E-state index in [0.29, 0.717) is 0 Å². The van der Waals surface area contributed by atoms with Gasteiger partial charge in [0, 0.05) is 0 Å². The van der Waals surface area contributed by atoms with Crippen molar-refractivity contribution in [1.29, 1.82) is 0 Å². The quantitative estimate of drug-likeness (QED) is 0.827. The summed E-state index contributed by atoms with van der Waals surface area (Å²) in [5, 5.41) is 2.46.